The molecule has 1 fully saturated rings. The summed E-state index contributed by atoms with van der Waals surface area (Å²) >= 11 is 5.89. The van der Waals surface area contributed by atoms with Crippen LogP contribution in [0.2, 0.25) is 5.02 Å². The van der Waals surface area contributed by atoms with E-state index in [4.69, 9.17) is 11.6 Å². The number of halogens is 1. The molecule has 1 nitrogen and oxygen atoms in total. The van der Waals surface area contributed by atoms with Crippen LogP contribution in [-0.2, 0) is 6.42 Å². The minimum atomic E-state index is -0.585. The predicted molar refractivity (Wildman–Crippen MR) is 77.0 cm³/mol. The first-order valence-electron chi connectivity index (χ1n) is 7.05. The van der Waals surface area contributed by atoms with Crippen molar-refractivity contribution in [3.63, 3.8) is 0 Å². The van der Waals surface area contributed by atoms with E-state index in [9.17, 15) is 5.11 Å². The predicted octanol–water partition coefficient (Wildman–Crippen LogP) is 4.60. The average Bonchev–Trinajstić information content (AvgIpc) is 2.61. The Morgan fingerprint density at radius 2 is 1.67 bits per heavy atom. The second-order valence-electron chi connectivity index (χ2n) is 5.85. The monoisotopic (exact) mass is 266 g/mol. The van der Waals surface area contributed by atoms with Crippen molar-refractivity contribution >= 4 is 11.6 Å². The molecule has 18 heavy (non-hydrogen) atoms. The van der Waals surface area contributed by atoms with E-state index >= 15 is 0 Å². The van der Waals surface area contributed by atoms with Crippen LogP contribution in [-0.4, -0.2) is 10.7 Å². The van der Waals surface area contributed by atoms with E-state index in [1.807, 2.05) is 31.2 Å². The molecule has 1 aromatic rings. The fourth-order valence-electron chi connectivity index (χ4n) is 3.06. The second kappa shape index (κ2) is 6.08. The highest BCUT2D eigenvalue weighted by Gasteiger charge is 2.32. The molecule has 0 heterocycles. The summed E-state index contributed by atoms with van der Waals surface area (Å²) in [4.78, 5) is 0. The zero-order chi connectivity index (χ0) is 13.0. The SMILES string of the molecule is CC(O)(Cc1ccc(Cl)cc1)C1CCCCCC1. The van der Waals surface area contributed by atoms with E-state index in [0.717, 1.165) is 11.4 Å². The third-order valence-corrected chi connectivity index (χ3v) is 4.46. The molecule has 100 valence electrons. The molecule has 1 aliphatic rings. The molecule has 1 N–H and O–H groups in total. The van der Waals surface area contributed by atoms with Gasteiger partial charge in [0.15, 0.2) is 0 Å². The van der Waals surface area contributed by atoms with Gasteiger partial charge in [-0.2, -0.15) is 0 Å². The van der Waals surface area contributed by atoms with E-state index in [1.165, 1.54) is 44.1 Å². The van der Waals surface area contributed by atoms with Crippen LogP contribution in [0.4, 0.5) is 0 Å². The standard InChI is InChI=1S/C16H23ClO/c1-16(18,14-6-4-2-3-5-7-14)12-13-8-10-15(17)11-9-13/h8-11,14,18H,2-7,12H2,1H3. The molecule has 0 bridgehead atoms. The minimum absolute atomic E-state index is 0.440. The molecule has 0 aliphatic heterocycles. The van der Waals surface area contributed by atoms with E-state index < -0.39 is 5.60 Å². The Morgan fingerprint density at radius 1 is 1.11 bits per heavy atom. The molecule has 2 rings (SSSR count). The van der Waals surface area contributed by atoms with E-state index in [1.54, 1.807) is 0 Å². The van der Waals surface area contributed by atoms with Crippen molar-refractivity contribution in [3.05, 3.63) is 34.9 Å². The summed E-state index contributed by atoms with van der Waals surface area (Å²) in [6, 6.07) is 7.85. The van der Waals surface area contributed by atoms with Crippen molar-refractivity contribution in [1.82, 2.24) is 0 Å². The van der Waals surface area contributed by atoms with Crippen molar-refractivity contribution in [1.29, 1.82) is 0 Å². The van der Waals surface area contributed by atoms with Crippen LogP contribution in [0.3, 0.4) is 0 Å². The van der Waals surface area contributed by atoms with Gasteiger partial charge in [-0.25, -0.2) is 0 Å². The molecule has 1 atom stereocenters. The van der Waals surface area contributed by atoms with Crippen LogP contribution in [0.25, 0.3) is 0 Å². The summed E-state index contributed by atoms with van der Waals surface area (Å²) in [6.07, 6.45) is 8.25. The lowest BCUT2D eigenvalue weighted by Crippen LogP contribution is -2.36. The fourth-order valence-corrected chi connectivity index (χ4v) is 3.19. The quantitative estimate of drug-likeness (QED) is 0.793. The molecule has 2 heteroatoms. The summed E-state index contributed by atoms with van der Waals surface area (Å²) < 4.78 is 0. The smallest absolute Gasteiger partial charge is 0.0687 e. The van der Waals surface area contributed by atoms with Gasteiger partial charge in [0.1, 0.15) is 0 Å². The molecule has 1 aromatic carbocycles. The summed E-state index contributed by atoms with van der Waals surface area (Å²) in [5.41, 5.74) is 0.590. The topological polar surface area (TPSA) is 20.2 Å². The van der Waals surface area contributed by atoms with Gasteiger partial charge in [0.2, 0.25) is 0 Å². The molecule has 1 aliphatic carbocycles. The van der Waals surface area contributed by atoms with E-state index in [-0.39, 0.29) is 0 Å². The van der Waals surface area contributed by atoms with Crippen molar-refractivity contribution in [2.24, 2.45) is 5.92 Å². The zero-order valence-corrected chi connectivity index (χ0v) is 11.9. The van der Waals surface area contributed by atoms with Crippen LogP contribution in [0.1, 0.15) is 51.0 Å². The third kappa shape index (κ3) is 3.73. The Morgan fingerprint density at radius 3 is 2.22 bits per heavy atom. The van der Waals surface area contributed by atoms with Crippen molar-refractivity contribution < 1.29 is 5.11 Å². The molecular formula is C16H23ClO. The maximum absolute atomic E-state index is 10.8. The largest absolute Gasteiger partial charge is 0.390 e. The number of aliphatic hydroxyl groups is 1. The lowest BCUT2D eigenvalue weighted by molar-refractivity contribution is -0.00714. The molecule has 0 aromatic heterocycles. The summed E-state index contributed by atoms with van der Waals surface area (Å²) in [6.45, 7) is 2.00. The Labute approximate surface area is 115 Å². The first-order valence-corrected chi connectivity index (χ1v) is 7.42. The highest BCUT2D eigenvalue weighted by Crippen LogP contribution is 2.33. The molecule has 0 saturated heterocycles. The lowest BCUT2D eigenvalue weighted by atomic mass is 9.79. The van der Waals surface area contributed by atoms with Crippen molar-refractivity contribution in [2.75, 3.05) is 0 Å². The highest BCUT2D eigenvalue weighted by molar-refractivity contribution is 6.30. The van der Waals surface area contributed by atoms with Gasteiger partial charge in [-0.15, -0.1) is 0 Å². The Bertz CT molecular complexity index is 361. The normalized spacial score (nSPS) is 21.3. The van der Waals surface area contributed by atoms with Crippen LogP contribution < -0.4 is 0 Å². The van der Waals surface area contributed by atoms with Crippen LogP contribution in [0, 0.1) is 5.92 Å². The average molecular weight is 267 g/mol. The fraction of sp³-hybridized carbons (Fsp3) is 0.625. The molecule has 1 saturated carbocycles. The number of hydrogen-bond acceptors (Lipinski definition) is 1. The van der Waals surface area contributed by atoms with Gasteiger partial charge in [0, 0.05) is 11.4 Å². The van der Waals surface area contributed by atoms with E-state index in [0.29, 0.717) is 5.92 Å². The van der Waals surface area contributed by atoms with Gasteiger partial charge >= 0.3 is 0 Å². The summed E-state index contributed by atoms with van der Waals surface area (Å²) in [7, 11) is 0. The maximum Gasteiger partial charge on any atom is 0.0687 e. The van der Waals surface area contributed by atoms with Gasteiger partial charge < -0.3 is 5.11 Å². The molecule has 0 spiro atoms. The molecule has 1 unspecified atom stereocenters. The minimum Gasteiger partial charge on any atom is -0.390 e. The number of rotatable bonds is 3. The van der Waals surface area contributed by atoms with Gasteiger partial charge in [-0.3, -0.25) is 0 Å². The summed E-state index contributed by atoms with van der Waals surface area (Å²) in [5.74, 6) is 0.440. The van der Waals surface area contributed by atoms with Crippen LogP contribution in [0.5, 0.6) is 0 Å². The third-order valence-electron chi connectivity index (χ3n) is 4.21. The van der Waals surface area contributed by atoms with Gasteiger partial charge in [0.05, 0.1) is 5.60 Å². The number of benzene rings is 1. The van der Waals surface area contributed by atoms with Crippen LogP contribution >= 0.6 is 11.6 Å². The van der Waals surface area contributed by atoms with E-state index in [2.05, 4.69) is 0 Å². The molecular weight excluding hydrogens is 244 g/mol. The maximum atomic E-state index is 10.8. The molecule has 0 amide bonds. The van der Waals surface area contributed by atoms with Crippen molar-refractivity contribution in [3.8, 4) is 0 Å². The van der Waals surface area contributed by atoms with Crippen LogP contribution in [0.15, 0.2) is 24.3 Å². The van der Waals surface area contributed by atoms with Gasteiger partial charge in [-0.05, 0) is 43.4 Å². The highest BCUT2D eigenvalue weighted by atomic mass is 35.5. The van der Waals surface area contributed by atoms with Gasteiger partial charge in [0.25, 0.3) is 0 Å². The zero-order valence-electron chi connectivity index (χ0n) is 11.2. The Balaban J connectivity index is 2.02. The molecule has 0 radical (unpaired) electrons. The second-order valence-corrected chi connectivity index (χ2v) is 6.29. The van der Waals surface area contributed by atoms with Crippen molar-refractivity contribution in [2.45, 2.75) is 57.5 Å². The Hall–Kier alpha value is -0.530. The number of hydrogen-bond donors (Lipinski definition) is 1. The first-order chi connectivity index (χ1) is 8.58. The summed E-state index contributed by atoms with van der Waals surface area (Å²) in [5, 5.41) is 11.5. The lowest BCUT2D eigenvalue weighted by Gasteiger charge is -2.32. The first kappa shape index (κ1) is 13.9. The van der Waals surface area contributed by atoms with Gasteiger partial charge in [-0.1, -0.05) is 49.4 Å². The Kier molecular flexibility index (Phi) is 4.69.